The van der Waals surface area contributed by atoms with E-state index in [1.54, 1.807) is 0 Å². The van der Waals surface area contributed by atoms with Crippen LogP contribution in [0.5, 0.6) is 0 Å². The van der Waals surface area contributed by atoms with E-state index in [0.29, 0.717) is 5.41 Å². The second-order valence-electron chi connectivity index (χ2n) is 4.30. The maximum Gasteiger partial charge on any atom is -0.00771 e. The molecule has 12 heavy (non-hydrogen) atoms. The summed E-state index contributed by atoms with van der Waals surface area (Å²) < 4.78 is 0. The molecule has 0 aromatic rings. The lowest BCUT2D eigenvalue weighted by atomic mass is 9.83. The van der Waals surface area contributed by atoms with Crippen molar-refractivity contribution in [3.05, 3.63) is 0 Å². The minimum Gasteiger partial charge on any atom is -0.330 e. The van der Waals surface area contributed by atoms with E-state index in [-0.39, 0.29) is 0 Å². The van der Waals surface area contributed by atoms with E-state index in [1.165, 1.54) is 19.3 Å². The Bertz CT molecular complexity index is 100. The maximum absolute atomic E-state index is 5.47. The summed E-state index contributed by atoms with van der Waals surface area (Å²) in [6.45, 7) is 6.28. The Labute approximate surface area is 76.7 Å². The number of hydrogen-bond donors (Lipinski definition) is 2. The summed E-state index contributed by atoms with van der Waals surface area (Å²) in [7, 11) is 0. The molecule has 0 unspecified atom stereocenters. The first-order valence-corrected chi connectivity index (χ1v) is 5.02. The van der Waals surface area contributed by atoms with Crippen LogP contribution in [0, 0.1) is 5.41 Å². The lowest BCUT2D eigenvalue weighted by molar-refractivity contribution is 0.291. The molecule has 0 aromatic heterocycles. The van der Waals surface area contributed by atoms with Crippen molar-refractivity contribution in [2.24, 2.45) is 16.9 Å². The van der Waals surface area contributed by atoms with Crippen molar-refractivity contribution in [1.29, 1.82) is 0 Å². The Kier molecular flexibility index (Phi) is 6.39. The number of rotatable bonds is 7. The van der Waals surface area contributed by atoms with Crippen molar-refractivity contribution in [2.75, 3.05) is 13.1 Å². The monoisotopic (exact) mass is 172 g/mol. The zero-order valence-corrected chi connectivity index (χ0v) is 8.60. The average molecular weight is 172 g/mol. The van der Waals surface area contributed by atoms with Crippen LogP contribution in [0.15, 0.2) is 0 Å². The standard InChI is InChI=1S/C10H24N2/c1-10(2,7-5-9-12)6-3-4-8-11/h3-9,11-12H2,1-2H3. The normalized spacial score (nSPS) is 12.0. The molecule has 0 aliphatic rings. The molecule has 0 rings (SSSR count). The summed E-state index contributed by atoms with van der Waals surface area (Å²) in [6, 6.07) is 0. The molecule has 0 atom stereocenters. The van der Waals surface area contributed by atoms with Gasteiger partial charge in [-0.1, -0.05) is 20.3 Å². The minimum absolute atomic E-state index is 0.467. The molecule has 2 heteroatoms. The van der Waals surface area contributed by atoms with Gasteiger partial charge in [0.25, 0.3) is 0 Å². The SMILES string of the molecule is CC(C)(CCCN)CCCCN. The molecule has 0 heterocycles. The fourth-order valence-electron chi connectivity index (χ4n) is 1.45. The van der Waals surface area contributed by atoms with Gasteiger partial charge in [0.2, 0.25) is 0 Å². The van der Waals surface area contributed by atoms with Crippen LogP contribution in [0.2, 0.25) is 0 Å². The zero-order valence-electron chi connectivity index (χ0n) is 8.60. The Balaban J connectivity index is 3.42. The fourth-order valence-corrected chi connectivity index (χ4v) is 1.45. The van der Waals surface area contributed by atoms with Crippen LogP contribution in [0.1, 0.15) is 46.0 Å². The summed E-state index contributed by atoms with van der Waals surface area (Å²) in [5.41, 5.74) is 11.4. The third-order valence-electron chi connectivity index (χ3n) is 2.37. The molecule has 0 aliphatic heterocycles. The van der Waals surface area contributed by atoms with Crippen molar-refractivity contribution in [3.8, 4) is 0 Å². The summed E-state index contributed by atoms with van der Waals surface area (Å²) in [4.78, 5) is 0. The van der Waals surface area contributed by atoms with Gasteiger partial charge in [-0.25, -0.2) is 0 Å². The van der Waals surface area contributed by atoms with E-state index in [0.717, 1.165) is 25.9 Å². The highest BCUT2D eigenvalue weighted by Crippen LogP contribution is 2.28. The van der Waals surface area contributed by atoms with Crippen molar-refractivity contribution in [3.63, 3.8) is 0 Å². The molecule has 74 valence electrons. The highest BCUT2D eigenvalue weighted by Gasteiger charge is 2.15. The van der Waals surface area contributed by atoms with E-state index >= 15 is 0 Å². The van der Waals surface area contributed by atoms with Gasteiger partial charge in [0.05, 0.1) is 0 Å². The van der Waals surface area contributed by atoms with Crippen LogP contribution < -0.4 is 11.5 Å². The first-order chi connectivity index (χ1) is 5.62. The molecule has 0 aliphatic carbocycles. The molecule has 0 spiro atoms. The fraction of sp³-hybridized carbons (Fsp3) is 1.00. The molecule has 0 saturated carbocycles. The van der Waals surface area contributed by atoms with Gasteiger partial charge in [-0.05, 0) is 44.2 Å². The molecule has 0 amide bonds. The van der Waals surface area contributed by atoms with Crippen molar-refractivity contribution < 1.29 is 0 Å². The molecular weight excluding hydrogens is 148 g/mol. The Hall–Kier alpha value is -0.0800. The Morgan fingerprint density at radius 2 is 1.33 bits per heavy atom. The molecule has 0 saturated heterocycles. The van der Waals surface area contributed by atoms with Gasteiger partial charge in [0.1, 0.15) is 0 Å². The quantitative estimate of drug-likeness (QED) is 0.576. The van der Waals surface area contributed by atoms with E-state index in [2.05, 4.69) is 13.8 Å². The lowest BCUT2D eigenvalue weighted by Gasteiger charge is -2.24. The van der Waals surface area contributed by atoms with Crippen LogP contribution in [0.4, 0.5) is 0 Å². The first kappa shape index (κ1) is 11.9. The third-order valence-corrected chi connectivity index (χ3v) is 2.37. The molecule has 0 bridgehead atoms. The zero-order chi connectivity index (χ0) is 9.45. The molecule has 2 nitrogen and oxygen atoms in total. The van der Waals surface area contributed by atoms with Crippen LogP contribution >= 0.6 is 0 Å². The van der Waals surface area contributed by atoms with Crippen molar-refractivity contribution >= 4 is 0 Å². The van der Waals surface area contributed by atoms with Crippen molar-refractivity contribution in [2.45, 2.75) is 46.0 Å². The van der Waals surface area contributed by atoms with E-state index < -0.39 is 0 Å². The van der Waals surface area contributed by atoms with Gasteiger partial charge < -0.3 is 11.5 Å². The Morgan fingerprint density at radius 1 is 0.833 bits per heavy atom. The van der Waals surface area contributed by atoms with Gasteiger partial charge in [0.15, 0.2) is 0 Å². The van der Waals surface area contributed by atoms with E-state index in [9.17, 15) is 0 Å². The lowest BCUT2D eigenvalue weighted by Crippen LogP contribution is -2.14. The summed E-state index contributed by atoms with van der Waals surface area (Å²) >= 11 is 0. The average Bonchev–Trinajstić information content (AvgIpc) is 2.01. The molecule has 4 N–H and O–H groups in total. The highest BCUT2D eigenvalue weighted by atomic mass is 14.5. The predicted molar refractivity (Wildman–Crippen MR) is 55.0 cm³/mol. The number of hydrogen-bond acceptors (Lipinski definition) is 2. The van der Waals surface area contributed by atoms with Gasteiger partial charge in [0, 0.05) is 0 Å². The molecule has 0 aromatic carbocycles. The predicted octanol–water partition coefficient (Wildman–Crippen LogP) is 1.88. The van der Waals surface area contributed by atoms with Crippen LogP contribution in [0.3, 0.4) is 0 Å². The Morgan fingerprint density at radius 3 is 1.83 bits per heavy atom. The van der Waals surface area contributed by atoms with Gasteiger partial charge in [-0.15, -0.1) is 0 Å². The van der Waals surface area contributed by atoms with Gasteiger partial charge in [-0.2, -0.15) is 0 Å². The van der Waals surface area contributed by atoms with E-state index in [4.69, 9.17) is 11.5 Å². The summed E-state index contributed by atoms with van der Waals surface area (Å²) in [5, 5.41) is 0. The first-order valence-electron chi connectivity index (χ1n) is 5.02. The van der Waals surface area contributed by atoms with E-state index in [1.807, 2.05) is 0 Å². The number of nitrogens with two attached hydrogens (primary N) is 2. The molecule has 0 radical (unpaired) electrons. The van der Waals surface area contributed by atoms with Gasteiger partial charge >= 0.3 is 0 Å². The topological polar surface area (TPSA) is 52.0 Å². The molecular formula is C10H24N2. The van der Waals surface area contributed by atoms with Crippen LogP contribution in [-0.4, -0.2) is 13.1 Å². The second-order valence-corrected chi connectivity index (χ2v) is 4.30. The third kappa shape index (κ3) is 6.62. The number of unbranched alkanes of at least 4 members (excludes halogenated alkanes) is 1. The largest absolute Gasteiger partial charge is 0.330 e. The maximum atomic E-state index is 5.47. The second kappa shape index (κ2) is 6.44. The van der Waals surface area contributed by atoms with Crippen LogP contribution in [-0.2, 0) is 0 Å². The van der Waals surface area contributed by atoms with Gasteiger partial charge in [-0.3, -0.25) is 0 Å². The summed E-state index contributed by atoms with van der Waals surface area (Å²) in [5.74, 6) is 0. The minimum atomic E-state index is 0.467. The highest BCUT2D eigenvalue weighted by molar-refractivity contribution is 4.68. The molecule has 0 fully saturated rings. The van der Waals surface area contributed by atoms with Crippen LogP contribution in [0.25, 0.3) is 0 Å². The van der Waals surface area contributed by atoms with Crippen molar-refractivity contribution in [1.82, 2.24) is 0 Å². The smallest absolute Gasteiger partial charge is 0.00771 e. The summed E-state index contributed by atoms with van der Waals surface area (Å²) in [6.07, 6.45) is 6.09.